The highest BCUT2D eigenvalue weighted by molar-refractivity contribution is 6.03. The van der Waals surface area contributed by atoms with Crippen molar-refractivity contribution >= 4 is 35.1 Å². The zero-order valence-electron chi connectivity index (χ0n) is 19.7. The number of amides is 4. The first-order chi connectivity index (χ1) is 16.8. The number of para-hydroxylation sites is 3. The van der Waals surface area contributed by atoms with Gasteiger partial charge in [-0.1, -0.05) is 61.2 Å². The van der Waals surface area contributed by atoms with Gasteiger partial charge in [0.25, 0.3) is 0 Å². The number of hydrogen-bond donors (Lipinski definition) is 2. The van der Waals surface area contributed by atoms with Crippen LogP contribution in [0.1, 0.15) is 6.92 Å². The summed E-state index contributed by atoms with van der Waals surface area (Å²) in [5, 5.41) is 5.33. The van der Waals surface area contributed by atoms with Gasteiger partial charge in [-0.05, 0) is 43.3 Å². The predicted molar refractivity (Wildman–Crippen MR) is 137 cm³/mol. The van der Waals surface area contributed by atoms with Crippen LogP contribution in [0.5, 0.6) is 0 Å². The van der Waals surface area contributed by atoms with Crippen LogP contribution >= 0.6 is 0 Å². The van der Waals surface area contributed by atoms with Gasteiger partial charge in [-0.3, -0.25) is 9.80 Å². The molecule has 0 spiro atoms. The molecule has 3 aromatic rings. The summed E-state index contributed by atoms with van der Waals surface area (Å²) in [5.41, 5.74) is 1.99. The second-order valence-corrected chi connectivity index (χ2v) is 7.76. The molecule has 0 saturated heterocycles. The van der Waals surface area contributed by atoms with Crippen molar-refractivity contribution < 1.29 is 19.1 Å². The number of rotatable bonds is 8. The molecule has 4 amide bonds. The van der Waals surface area contributed by atoms with Gasteiger partial charge in [-0.2, -0.15) is 0 Å². The fourth-order valence-electron chi connectivity index (χ4n) is 3.19. The molecule has 35 heavy (non-hydrogen) atoms. The Bertz CT molecular complexity index is 1150. The molecular formula is C27H28N4O4. The molecule has 0 radical (unpaired) electrons. The highest BCUT2D eigenvalue weighted by Crippen LogP contribution is 2.20. The molecule has 0 aliphatic heterocycles. The molecule has 0 bridgehead atoms. The fourth-order valence-corrected chi connectivity index (χ4v) is 3.19. The van der Waals surface area contributed by atoms with Crippen LogP contribution in [0.2, 0.25) is 0 Å². The van der Waals surface area contributed by atoms with Crippen LogP contribution in [-0.2, 0) is 9.53 Å². The smallest absolute Gasteiger partial charge is 0.335 e. The van der Waals surface area contributed by atoms with Gasteiger partial charge in [0.05, 0.1) is 6.54 Å². The van der Waals surface area contributed by atoms with Crippen LogP contribution in [0.3, 0.4) is 0 Å². The van der Waals surface area contributed by atoms with E-state index in [0.29, 0.717) is 17.1 Å². The average Bonchev–Trinajstić information content (AvgIpc) is 2.87. The summed E-state index contributed by atoms with van der Waals surface area (Å²) in [7, 11) is 1.65. The normalized spacial score (nSPS) is 11.0. The monoisotopic (exact) mass is 472 g/mol. The van der Waals surface area contributed by atoms with E-state index in [-0.39, 0.29) is 18.1 Å². The maximum absolute atomic E-state index is 13.5. The average molecular weight is 473 g/mol. The van der Waals surface area contributed by atoms with Crippen LogP contribution in [0.25, 0.3) is 0 Å². The fraction of sp³-hybridized carbons (Fsp3) is 0.148. The Morgan fingerprint density at radius 3 is 1.91 bits per heavy atom. The first kappa shape index (κ1) is 25.0. The van der Waals surface area contributed by atoms with Gasteiger partial charge in [0.1, 0.15) is 0 Å². The molecule has 0 saturated carbocycles. The Balaban J connectivity index is 1.86. The van der Waals surface area contributed by atoms with Gasteiger partial charge < -0.3 is 15.4 Å². The standard InChI is InChI=1S/C27H28N4O4/c1-20(2)25(32)35-24(29-26(33)28-21-13-7-4-8-14-21)19-31(23-17-11-6-12-18-23)27(34)30(3)22-15-9-5-10-16-22/h4-18,24H,1,19H2,2-3H3,(H2,28,29,33). The maximum atomic E-state index is 13.5. The summed E-state index contributed by atoms with van der Waals surface area (Å²) in [5.74, 6) is -0.688. The second-order valence-electron chi connectivity index (χ2n) is 7.76. The van der Waals surface area contributed by atoms with Crippen LogP contribution in [-0.4, -0.2) is 37.9 Å². The summed E-state index contributed by atoms with van der Waals surface area (Å²) >= 11 is 0. The second kappa shape index (κ2) is 12.0. The molecule has 3 aromatic carbocycles. The van der Waals surface area contributed by atoms with Gasteiger partial charge in [0, 0.05) is 29.7 Å². The van der Waals surface area contributed by atoms with E-state index in [4.69, 9.17) is 4.74 Å². The molecule has 0 aliphatic rings. The predicted octanol–water partition coefficient (Wildman–Crippen LogP) is 5.02. The quantitative estimate of drug-likeness (QED) is 0.274. The van der Waals surface area contributed by atoms with Gasteiger partial charge >= 0.3 is 18.0 Å². The van der Waals surface area contributed by atoms with Crippen molar-refractivity contribution in [2.24, 2.45) is 0 Å². The Kier molecular flexibility index (Phi) is 8.61. The zero-order chi connectivity index (χ0) is 25.2. The number of nitrogens with one attached hydrogen (secondary N) is 2. The van der Waals surface area contributed by atoms with Crippen molar-refractivity contribution in [3.8, 4) is 0 Å². The summed E-state index contributed by atoms with van der Waals surface area (Å²) in [4.78, 5) is 41.5. The highest BCUT2D eigenvalue weighted by atomic mass is 16.6. The van der Waals surface area contributed by atoms with Crippen LogP contribution in [0.4, 0.5) is 26.7 Å². The van der Waals surface area contributed by atoms with Crippen molar-refractivity contribution in [3.05, 3.63) is 103 Å². The summed E-state index contributed by atoms with van der Waals surface area (Å²) in [6.07, 6.45) is -1.16. The highest BCUT2D eigenvalue weighted by Gasteiger charge is 2.27. The number of carbonyl (C=O) groups is 3. The van der Waals surface area contributed by atoms with E-state index in [9.17, 15) is 14.4 Å². The molecular weight excluding hydrogens is 444 g/mol. The van der Waals surface area contributed by atoms with Gasteiger partial charge in [0.15, 0.2) is 6.23 Å². The summed E-state index contributed by atoms with van der Waals surface area (Å²) < 4.78 is 5.49. The minimum absolute atomic E-state index is 0.138. The molecule has 1 unspecified atom stereocenters. The summed E-state index contributed by atoms with van der Waals surface area (Å²) in [6, 6.07) is 26.0. The summed E-state index contributed by atoms with van der Waals surface area (Å²) in [6.45, 7) is 4.97. The minimum atomic E-state index is -1.16. The van der Waals surface area contributed by atoms with Crippen molar-refractivity contribution in [1.82, 2.24) is 5.32 Å². The molecule has 0 fully saturated rings. The van der Waals surface area contributed by atoms with Gasteiger partial charge in [0.2, 0.25) is 0 Å². The van der Waals surface area contributed by atoms with Crippen molar-refractivity contribution in [2.75, 3.05) is 28.7 Å². The Hall–Kier alpha value is -4.59. The molecule has 8 heteroatoms. The number of benzene rings is 3. The van der Waals surface area contributed by atoms with Crippen LogP contribution in [0, 0.1) is 0 Å². The SMILES string of the molecule is C=C(C)C(=O)OC(CN(C(=O)N(C)c1ccccc1)c1ccccc1)NC(=O)Nc1ccccc1. The first-order valence-corrected chi connectivity index (χ1v) is 11.0. The third-order valence-corrected chi connectivity index (χ3v) is 5.00. The van der Waals surface area contributed by atoms with Gasteiger partial charge in [-0.15, -0.1) is 0 Å². The molecule has 0 heterocycles. The number of nitrogens with zero attached hydrogens (tertiary/aromatic N) is 2. The van der Waals surface area contributed by atoms with E-state index < -0.39 is 18.2 Å². The van der Waals surface area contributed by atoms with Crippen LogP contribution in [0.15, 0.2) is 103 Å². The molecule has 180 valence electrons. The molecule has 0 aliphatic carbocycles. The number of ether oxygens (including phenoxy) is 1. The Labute approximate surface area is 204 Å². The molecule has 8 nitrogen and oxygen atoms in total. The van der Waals surface area contributed by atoms with E-state index in [1.165, 1.54) is 16.7 Å². The van der Waals surface area contributed by atoms with E-state index in [1.54, 1.807) is 55.6 Å². The Morgan fingerprint density at radius 2 is 1.37 bits per heavy atom. The van der Waals surface area contributed by atoms with Crippen molar-refractivity contribution in [3.63, 3.8) is 0 Å². The Morgan fingerprint density at radius 1 is 0.857 bits per heavy atom. The van der Waals surface area contributed by atoms with Crippen LogP contribution < -0.4 is 20.4 Å². The molecule has 0 aromatic heterocycles. The van der Waals surface area contributed by atoms with Crippen molar-refractivity contribution in [2.45, 2.75) is 13.2 Å². The number of anilines is 3. The zero-order valence-corrected chi connectivity index (χ0v) is 19.7. The van der Waals surface area contributed by atoms with Crippen molar-refractivity contribution in [1.29, 1.82) is 0 Å². The lowest BCUT2D eigenvalue weighted by Crippen LogP contribution is -2.52. The molecule has 1 atom stereocenters. The number of carbonyl (C=O) groups excluding carboxylic acids is 3. The third-order valence-electron chi connectivity index (χ3n) is 5.00. The minimum Gasteiger partial charge on any atom is -0.436 e. The molecule has 3 rings (SSSR count). The number of esters is 1. The maximum Gasteiger partial charge on any atom is 0.335 e. The third kappa shape index (κ3) is 7.20. The lowest BCUT2D eigenvalue weighted by Gasteiger charge is -2.31. The largest absolute Gasteiger partial charge is 0.436 e. The van der Waals surface area contributed by atoms with E-state index >= 15 is 0 Å². The van der Waals surface area contributed by atoms with E-state index in [2.05, 4.69) is 17.2 Å². The molecule has 2 N–H and O–H groups in total. The topological polar surface area (TPSA) is 91.0 Å². The number of urea groups is 2. The number of hydrogen-bond acceptors (Lipinski definition) is 4. The lowest BCUT2D eigenvalue weighted by molar-refractivity contribution is -0.144. The van der Waals surface area contributed by atoms with E-state index in [1.807, 2.05) is 42.5 Å². The lowest BCUT2D eigenvalue weighted by atomic mass is 10.2. The first-order valence-electron chi connectivity index (χ1n) is 11.0. The van der Waals surface area contributed by atoms with Gasteiger partial charge in [-0.25, -0.2) is 14.4 Å². The van der Waals surface area contributed by atoms with E-state index in [0.717, 1.165) is 0 Å².